The van der Waals surface area contributed by atoms with E-state index in [0.29, 0.717) is 17.1 Å². The molecule has 5 aromatic heterocycles. The van der Waals surface area contributed by atoms with Gasteiger partial charge in [0.05, 0.1) is 35.3 Å². The summed E-state index contributed by atoms with van der Waals surface area (Å²) < 4.78 is 105. The first-order valence-corrected chi connectivity index (χ1v) is 21.6. The van der Waals surface area contributed by atoms with E-state index < -0.39 is 48.0 Å². The van der Waals surface area contributed by atoms with Gasteiger partial charge in [-0.05, 0) is 67.6 Å². The van der Waals surface area contributed by atoms with E-state index in [1.807, 2.05) is 0 Å². The zero-order valence-electron chi connectivity index (χ0n) is 32.4. The molecule has 8 N–H and O–H groups in total. The van der Waals surface area contributed by atoms with E-state index in [1.54, 1.807) is 0 Å². The molecule has 0 unspecified atom stereocenters. The number of sulfonamides is 1. The van der Waals surface area contributed by atoms with Crippen LogP contribution in [0.2, 0.25) is 0 Å². The minimum absolute atomic E-state index is 0. The number of rotatable bonds is 8. The Kier molecular flexibility index (Phi) is 38.0. The number of aliphatic hydroxyl groups is 1. The summed E-state index contributed by atoms with van der Waals surface area (Å²) in [5.41, 5.74) is 0.418. The van der Waals surface area contributed by atoms with Crippen molar-refractivity contribution < 1.29 is 110 Å². The maximum absolute atomic E-state index is 12.9. The molecule has 27 heteroatoms. The summed E-state index contributed by atoms with van der Waals surface area (Å²) in [6.07, 6.45) is 7.08. The van der Waals surface area contributed by atoms with Crippen LogP contribution in [0.1, 0.15) is 42.3 Å². The minimum Gasteiger partial charge on any atom is -0.742 e. The molecule has 0 aromatic carbocycles. The van der Waals surface area contributed by atoms with Gasteiger partial charge in [-0.2, -0.15) is 0 Å². The minimum atomic E-state index is -3.73. The molecule has 0 amide bonds. The number of hydrogen-bond donors (Lipinski definition) is 3. The molecule has 0 aliphatic rings. The number of halogens is 7. The number of primary sulfonamides is 1. The molecule has 0 aliphatic carbocycles. The van der Waals surface area contributed by atoms with Crippen LogP contribution in [0, 0.1) is 29.1 Å². The smallest absolute Gasteiger partial charge is 0.742 e. The van der Waals surface area contributed by atoms with Gasteiger partial charge in [0.15, 0.2) is 5.12 Å². The molecule has 0 spiro atoms. The molecule has 0 atom stereocenters. The summed E-state index contributed by atoms with van der Waals surface area (Å²) in [7, 11) is -2.53. The van der Waals surface area contributed by atoms with E-state index in [9.17, 15) is 48.4 Å². The molecule has 5 aromatic rings. The standard InChI is InChI=1S/C8H8FNOS.C6H5ClFNO2S.C6H5ClFN.C6H7FN2O2S.C6H6FNO.C2H4OS.K.H3N.H2O/c1-6(11)12-5-8-7(9)3-2-4-10-8;7-12(10,11)4-6-5(8)2-1-3-9-6;7-4-6-5(8)2-1-3-9-6;7-5-2-1-3-9-6(5)4-12(8,10)11;7-5-2-1-3-8-6(5)4-9;1-2(3)4;;;/h2-4H,5H2,1H3;1-3H,4H2;1-3H,4H2;1-3H,4H2,(H2,8,10,11);1-3,9H,4H2;1H3,(H,3,4);;1H3;1H2/q;;;;;;+1;;/p-1. The van der Waals surface area contributed by atoms with Crippen LogP contribution in [-0.4, -0.2) is 62.6 Å². The second-order valence-corrected chi connectivity index (χ2v) is 16.6. The van der Waals surface area contributed by atoms with Crippen molar-refractivity contribution in [3.8, 4) is 0 Å². The fourth-order valence-electron chi connectivity index (χ4n) is 3.15. The van der Waals surface area contributed by atoms with Crippen LogP contribution in [-0.2, 0) is 71.0 Å². The average Bonchev–Trinajstić information content (AvgIpc) is 3.13. The van der Waals surface area contributed by atoms with Crippen molar-refractivity contribution >= 4 is 76.0 Å². The maximum atomic E-state index is 12.9. The molecule has 0 bridgehead atoms. The first kappa shape index (κ1) is 64.9. The summed E-state index contributed by atoms with van der Waals surface area (Å²) in [5, 5.41) is 12.8. The van der Waals surface area contributed by atoms with E-state index in [1.165, 1.54) is 93.4 Å². The van der Waals surface area contributed by atoms with Crippen molar-refractivity contribution in [2.24, 2.45) is 5.14 Å². The van der Waals surface area contributed by atoms with Gasteiger partial charge in [-0.1, -0.05) is 11.8 Å². The molecule has 0 aliphatic heterocycles. The second kappa shape index (κ2) is 35.7. The quantitative estimate of drug-likeness (QED) is 0.0662. The van der Waals surface area contributed by atoms with Gasteiger partial charge in [0.1, 0.15) is 46.3 Å². The van der Waals surface area contributed by atoms with Gasteiger partial charge in [0.2, 0.25) is 19.1 Å². The molecule has 0 saturated carbocycles. The molecule has 5 heterocycles. The Morgan fingerprint density at radius 2 is 0.967 bits per heavy atom. The van der Waals surface area contributed by atoms with E-state index in [0.717, 1.165) is 23.9 Å². The Balaban J connectivity index is -0.000000323. The van der Waals surface area contributed by atoms with Crippen LogP contribution in [0.15, 0.2) is 91.6 Å². The third-order valence-electron chi connectivity index (χ3n) is 5.51. The zero-order valence-corrected chi connectivity index (χ0v) is 40.3. The van der Waals surface area contributed by atoms with Gasteiger partial charge in [-0.25, -0.2) is 43.9 Å². The first-order valence-electron chi connectivity index (χ1n) is 15.5. The Bertz CT molecular complexity index is 2140. The number of nitrogens with zero attached hydrogens (tertiary/aromatic N) is 5. The normalized spacial score (nSPS) is 9.69. The van der Waals surface area contributed by atoms with E-state index in [2.05, 4.69) is 37.5 Å². The van der Waals surface area contributed by atoms with Crippen LogP contribution in [0.25, 0.3) is 0 Å². The van der Waals surface area contributed by atoms with Crippen LogP contribution >= 0.6 is 34.0 Å². The number of carbonyl (C=O) groups is 2. The van der Waals surface area contributed by atoms with Crippen LogP contribution in [0.3, 0.4) is 0 Å². The Labute approximate surface area is 411 Å². The van der Waals surface area contributed by atoms with Crippen molar-refractivity contribution in [2.45, 2.75) is 43.6 Å². The largest absolute Gasteiger partial charge is 1.00 e. The monoisotopic (exact) mass is 1010 g/mol. The van der Waals surface area contributed by atoms with E-state index in [-0.39, 0.29) is 114 Å². The van der Waals surface area contributed by atoms with Gasteiger partial charge in [-0.3, -0.25) is 29.7 Å². The maximum Gasteiger partial charge on any atom is 1.00 e. The molecule has 0 fully saturated rings. The van der Waals surface area contributed by atoms with Crippen LogP contribution in [0.5, 0.6) is 0 Å². The first-order chi connectivity index (χ1) is 27.1. The summed E-state index contributed by atoms with van der Waals surface area (Å²) in [4.78, 5) is 37.9. The molecule has 5 rings (SSSR count). The van der Waals surface area contributed by atoms with Crippen LogP contribution in [0.4, 0.5) is 22.0 Å². The third kappa shape index (κ3) is 34.4. The fourth-order valence-corrected chi connectivity index (χ4v) is 5.34. The topological polar surface area (TPSA) is 280 Å². The van der Waals surface area contributed by atoms with Gasteiger partial charge in [-0.15, -0.1) is 11.6 Å². The van der Waals surface area contributed by atoms with Crippen molar-refractivity contribution in [2.75, 3.05) is 0 Å². The van der Waals surface area contributed by atoms with Gasteiger partial charge < -0.3 is 34.2 Å². The fraction of sp³-hybridized carbons (Fsp3) is 0.206. The second-order valence-electron chi connectivity index (χ2n) is 10.2. The van der Waals surface area contributed by atoms with Crippen molar-refractivity contribution in [3.63, 3.8) is 0 Å². The van der Waals surface area contributed by atoms with Crippen LogP contribution < -0.4 is 62.7 Å². The molecule has 332 valence electrons. The molecule has 15 nitrogen and oxygen atoms in total. The predicted molar refractivity (Wildman–Crippen MR) is 220 cm³/mol. The Hall–Kier alpha value is -2.73. The third-order valence-corrected chi connectivity index (χ3v) is 8.21. The van der Waals surface area contributed by atoms with Gasteiger partial charge in [0.25, 0.3) is 0 Å². The van der Waals surface area contributed by atoms with E-state index >= 15 is 0 Å². The average molecular weight is 1010 g/mol. The van der Waals surface area contributed by atoms with Gasteiger partial charge in [0, 0.05) is 59.5 Å². The number of nitrogens with two attached hydrogens (primary N) is 1. The zero-order chi connectivity index (χ0) is 44.3. The molecule has 0 saturated heterocycles. The Morgan fingerprint density at radius 3 is 1.20 bits per heavy atom. The molecule has 0 radical (unpaired) electrons. The summed E-state index contributed by atoms with van der Waals surface area (Å²) in [6, 6.07) is 13.5. The number of aromatic nitrogens is 5. The predicted octanol–water partition coefficient (Wildman–Crippen LogP) is 2.39. The molecular weight excluding hydrogens is 968 g/mol. The number of carbonyl (C=O) groups excluding carboxylic acids is 2. The summed E-state index contributed by atoms with van der Waals surface area (Å²) in [5.74, 6) is -3.19. The number of hydrogen-bond acceptors (Lipinski definition) is 15. The van der Waals surface area contributed by atoms with Crippen molar-refractivity contribution in [3.05, 3.63) is 149 Å². The number of alkyl halides is 1. The molecular formula is C34H39Cl2F5KN7O8S4. The van der Waals surface area contributed by atoms with Crippen molar-refractivity contribution in [1.82, 2.24) is 31.1 Å². The SMILES string of the molecule is CC(=O)SCc1ncccc1F.CC(=O)[S-].Fc1cccnc1CCl.N.NS(=O)(=O)Cc1ncccc1F.O.O=S(=O)(Cl)Cc1ncccc1F.OCc1ncccc1F.[K+]. The summed E-state index contributed by atoms with van der Waals surface area (Å²) in [6.45, 7) is 2.45. The number of pyridine rings is 5. The van der Waals surface area contributed by atoms with Gasteiger partial charge >= 0.3 is 51.4 Å². The number of thioether (sulfide) groups is 1. The van der Waals surface area contributed by atoms with Crippen molar-refractivity contribution in [1.29, 1.82) is 0 Å². The Morgan fingerprint density at radius 1 is 0.672 bits per heavy atom. The van der Waals surface area contributed by atoms with E-state index in [4.69, 9.17) is 32.5 Å². The summed E-state index contributed by atoms with van der Waals surface area (Å²) >= 11 is 10.4. The number of aliphatic hydroxyl groups excluding tert-OH is 1. The molecule has 61 heavy (non-hydrogen) atoms.